The van der Waals surface area contributed by atoms with Gasteiger partial charge in [0.1, 0.15) is 27.3 Å². The highest BCUT2D eigenvalue weighted by atomic mass is 32.3. The third kappa shape index (κ3) is 6.46. The second-order valence-corrected chi connectivity index (χ2v) is 16.8. The molecule has 6 aromatic rings. The van der Waals surface area contributed by atoms with E-state index in [1.165, 1.54) is 23.3 Å². The van der Waals surface area contributed by atoms with E-state index < -0.39 is 15.9 Å². The molecule has 4 aromatic heterocycles. The van der Waals surface area contributed by atoms with Crippen LogP contribution in [-0.4, -0.2) is 32.5 Å². The first-order valence-corrected chi connectivity index (χ1v) is 19.9. The van der Waals surface area contributed by atoms with E-state index in [1.54, 1.807) is 22.1 Å². The van der Waals surface area contributed by atoms with Gasteiger partial charge in [0.05, 0.1) is 34.2 Å². The molecule has 2 aromatic carbocycles. The molecule has 7 nitrogen and oxygen atoms in total. The Morgan fingerprint density at radius 1 is 0.784 bits per heavy atom. The highest BCUT2D eigenvalue weighted by molar-refractivity contribution is 7.88. The van der Waals surface area contributed by atoms with Crippen molar-refractivity contribution in [2.45, 2.75) is 63.3 Å². The Kier molecular flexibility index (Phi) is 8.74. The summed E-state index contributed by atoms with van der Waals surface area (Å²) in [7, 11) is -4.37. The highest BCUT2D eigenvalue weighted by Gasteiger charge is 2.33. The van der Waals surface area contributed by atoms with Gasteiger partial charge in [-0.15, -0.1) is 22.7 Å². The molecule has 0 radical (unpaired) electrons. The summed E-state index contributed by atoms with van der Waals surface area (Å²) in [4.78, 5) is 1.81. The fraction of sp³-hybridized carbons (Fsp3) is 0.231. The van der Waals surface area contributed by atoms with E-state index in [4.69, 9.17) is 5.10 Å². The van der Waals surface area contributed by atoms with Crippen LogP contribution < -0.4 is 0 Å². The molecule has 0 aliphatic heterocycles. The van der Waals surface area contributed by atoms with Gasteiger partial charge >= 0.3 is 10.1 Å². The van der Waals surface area contributed by atoms with E-state index in [0.717, 1.165) is 49.7 Å². The summed E-state index contributed by atoms with van der Waals surface area (Å²) in [5, 5.41) is 11.5. The highest BCUT2D eigenvalue weighted by Crippen LogP contribution is 2.47. The van der Waals surface area contributed by atoms with Crippen molar-refractivity contribution in [3.8, 4) is 21.1 Å². The van der Waals surface area contributed by atoms with Crippen molar-refractivity contribution in [2.24, 2.45) is 0 Å². The number of unbranched alkanes of at least 4 members (excludes halogenated alkanes) is 2. The molecule has 4 heterocycles. The minimum Gasteiger partial charge on any atom is -0.281 e. The van der Waals surface area contributed by atoms with Crippen LogP contribution >= 0.6 is 22.7 Å². The molecule has 0 spiro atoms. The summed E-state index contributed by atoms with van der Waals surface area (Å²) in [5.41, 5.74) is 10.1. The van der Waals surface area contributed by atoms with Gasteiger partial charge in [0, 0.05) is 24.0 Å². The van der Waals surface area contributed by atoms with Gasteiger partial charge in [-0.25, -0.2) is 8.78 Å². The molecule has 51 heavy (non-hydrogen) atoms. The molecule has 0 fully saturated rings. The number of rotatable bonds is 11. The van der Waals surface area contributed by atoms with Crippen molar-refractivity contribution >= 4 is 44.4 Å². The lowest BCUT2D eigenvalue weighted by atomic mass is 10.1. The average molecular weight is 741 g/mol. The number of hydrogen-bond acceptors (Lipinski definition) is 6. The molecule has 0 atom stereocenters. The van der Waals surface area contributed by atoms with Crippen molar-refractivity contribution in [3.63, 3.8) is 0 Å². The van der Waals surface area contributed by atoms with Crippen LogP contribution in [0.5, 0.6) is 0 Å². The van der Waals surface area contributed by atoms with Gasteiger partial charge in [-0.2, -0.15) is 18.6 Å². The topological polar surface area (TPSA) is 90.0 Å². The first kappa shape index (κ1) is 33.6. The summed E-state index contributed by atoms with van der Waals surface area (Å²) >= 11 is 2.62. The van der Waals surface area contributed by atoms with E-state index in [0.29, 0.717) is 67.0 Å². The van der Waals surface area contributed by atoms with Crippen LogP contribution in [0.15, 0.2) is 82.4 Å². The fourth-order valence-electron chi connectivity index (χ4n) is 6.88. The molecule has 12 heteroatoms. The van der Waals surface area contributed by atoms with Gasteiger partial charge in [-0.05, 0) is 85.0 Å². The zero-order valence-corrected chi connectivity index (χ0v) is 30.4. The zero-order valence-electron chi connectivity index (χ0n) is 28.0. The standard InChI is InChI=1S/C39H34F2N4O3S3/c1-23-8-12-25(13-9-23)21-44-36-29(18-27-16-17-49-38(27)36)34(42-44)31(40)6-4-3-5-7-32(41)35-30-19-28-20-33(51(46,47)48)50-39(28)37(30)45(43-35)22-26-14-10-24(2)11-15-26/h6-17,20H,3-5,18-19,21-22H2,1-2H3,(H,46,47,48). The van der Waals surface area contributed by atoms with Gasteiger partial charge in [-0.3, -0.25) is 13.9 Å². The van der Waals surface area contributed by atoms with Gasteiger partial charge in [0.15, 0.2) is 0 Å². The van der Waals surface area contributed by atoms with Crippen LogP contribution in [0.4, 0.5) is 8.78 Å². The molecule has 2 aliphatic rings. The number of thiophene rings is 2. The predicted molar refractivity (Wildman–Crippen MR) is 199 cm³/mol. The molecule has 0 saturated carbocycles. The molecule has 260 valence electrons. The van der Waals surface area contributed by atoms with Crippen LogP contribution in [0.25, 0.3) is 32.8 Å². The van der Waals surface area contributed by atoms with Crippen molar-refractivity contribution in [3.05, 3.63) is 134 Å². The smallest absolute Gasteiger partial charge is 0.281 e. The van der Waals surface area contributed by atoms with E-state index in [2.05, 4.69) is 47.7 Å². The largest absolute Gasteiger partial charge is 0.304 e. The molecule has 0 bridgehead atoms. The fourth-order valence-corrected chi connectivity index (χ4v) is 9.83. The lowest BCUT2D eigenvalue weighted by Gasteiger charge is -2.06. The maximum Gasteiger partial charge on any atom is 0.304 e. The molecule has 8 rings (SSSR count). The lowest BCUT2D eigenvalue weighted by molar-refractivity contribution is 0.485. The van der Waals surface area contributed by atoms with Gasteiger partial charge in [0.2, 0.25) is 0 Å². The minimum atomic E-state index is -4.37. The molecular formula is C39H34F2N4O3S3. The number of allylic oxidation sites excluding steroid dienone is 2. The molecule has 2 aliphatic carbocycles. The molecular weight excluding hydrogens is 707 g/mol. The van der Waals surface area contributed by atoms with Crippen molar-refractivity contribution in [1.82, 2.24) is 19.6 Å². The maximum absolute atomic E-state index is 15.8. The Labute approximate surface area is 303 Å². The van der Waals surface area contributed by atoms with E-state index in [9.17, 15) is 13.0 Å². The maximum atomic E-state index is 15.8. The number of fused-ring (bicyclic) bond motifs is 6. The summed E-state index contributed by atoms with van der Waals surface area (Å²) in [6.07, 6.45) is 5.31. The van der Waals surface area contributed by atoms with Crippen molar-refractivity contribution < 1.29 is 21.8 Å². The van der Waals surface area contributed by atoms with Crippen LogP contribution in [0.3, 0.4) is 0 Å². The summed E-state index contributed by atoms with van der Waals surface area (Å²) in [6.45, 7) is 4.97. The summed E-state index contributed by atoms with van der Waals surface area (Å²) in [5.74, 6) is -0.834. The third-order valence-electron chi connectivity index (χ3n) is 9.47. The lowest BCUT2D eigenvalue weighted by Crippen LogP contribution is -2.04. The predicted octanol–water partition coefficient (Wildman–Crippen LogP) is 9.80. The monoisotopic (exact) mass is 740 g/mol. The molecule has 0 unspecified atom stereocenters. The number of nitrogens with zero attached hydrogens (tertiary/aromatic N) is 4. The van der Waals surface area contributed by atoms with Gasteiger partial charge in [-0.1, -0.05) is 59.7 Å². The average Bonchev–Trinajstić information content (AvgIpc) is 3.92. The first-order chi connectivity index (χ1) is 24.5. The number of aromatic nitrogens is 4. The van der Waals surface area contributed by atoms with E-state index >= 15 is 8.78 Å². The second-order valence-electron chi connectivity index (χ2n) is 13.2. The Morgan fingerprint density at radius 2 is 1.29 bits per heavy atom. The van der Waals surface area contributed by atoms with Gasteiger partial charge < -0.3 is 0 Å². The van der Waals surface area contributed by atoms with Crippen LogP contribution in [0.1, 0.15) is 75.2 Å². The Morgan fingerprint density at radius 3 is 1.82 bits per heavy atom. The molecule has 0 amide bonds. The number of halogens is 2. The molecule has 1 N–H and O–H groups in total. The quantitative estimate of drug-likeness (QED) is 0.105. The van der Waals surface area contributed by atoms with E-state index in [1.807, 2.05) is 35.9 Å². The number of benzene rings is 2. The summed E-state index contributed by atoms with van der Waals surface area (Å²) < 4.78 is 68.5. The Bertz CT molecular complexity index is 2470. The zero-order chi connectivity index (χ0) is 35.4. The minimum absolute atomic E-state index is 0.141. The van der Waals surface area contributed by atoms with Crippen LogP contribution in [0, 0.1) is 13.8 Å². The second kappa shape index (κ2) is 13.2. The first-order valence-electron chi connectivity index (χ1n) is 16.7. The van der Waals surface area contributed by atoms with Crippen LogP contribution in [0.2, 0.25) is 0 Å². The Balaban J connectivity index is 1.00. The number of aryl methyl sites for hydroxylation is 2. The Hall–Kier alpha value is -4.49. The number of hydrogen-bond donors (Lipinski definition) is 1. The molecule has 0 saturated heterocycles. The normalized spacial score (nSPS) is 13.8. The van der Waals surface area contributed by atoms with Gasteiger partial charge in [0.25, 0.3) is 0 Å². The summed E-state index contributed by atoms with van der Waals surface area (Å²) in [6, 6.07) is 19.8. The van der Waals surface area contributed by atoms with Crippen LogP contribution in [-0.2, 0) is 36.0 Å². The van der Waals surface area contributed by atoms with E-state index in [-0.39, 0.29) is 15.7 Å². The third-order valence-corrected chi connectivity index (χ3v) is 12.9. The van der Waals surface area contributed by atoms with Crippen molar-refractivity contribution in [2.75, 3.05) is 0 Å². The van der Waals surface area contributed by atoms with Crippen molar-refractivity contribution in [1.29, 1.82) is 0 Å². The SMILES string of the molecule is Cc1ccc(Cn2nc(C(F)=CCCCC=C(F)c3nn(Cc4ccc(C)cc4)c4c3Cc3cc(S(=O)(=O)O)sc3-4)c3c2-c2sccc2C3)cc1.